The molecule has 0 heterocycles. The van der Waals surface area contributed by atoms with E-state index in [4.69, 9.17) is 10.00 Å². The van der Waals surface area contributed by atoms with Crippen LogP contribution < -0.4 is 5.32 Å². The molecule has 13 heavy (non-hydrogen) atoms. The maximum absolute atomic E-state index is 8.70. The monoisotopic (exact) mass is 184 g/mol. The van der Waals surface area contributed by atoms with E-state index in [1.807, 2.05) is 6.92 Å². The van der Waals surface area contributed by atoms with Gasteiger partial charge in [0.05, 0.1) is 12.1 Å². The molecule has 0 fully saturated rings. The fraction of sp³-hybridized carbons (Fsp3) is 0.900. The number of nitrogens with zero attached hydrogens (tertiary/aromatic N) is 1. The van der Waals surface area contributed by atoms with E-state index in [0.29, 0.717) is 12.5 Å². The lowest BCUT2D eigenvalue weighted by Gasteiger charge is -2.10. The summed E-state index contributed by atoms with van der Waals surface area (Å²) < 4.78 is 5.38. The first kappa shape index (κ1) is 12.4. The van der Waals surface area contributed by atoms with Crippen LogP contribution in [0.2, 0.25) is 0 Å². The fourth-order valence-corrected chi connectivity index (χ4v) is 0.979. The molecule has 1 atom stereocenters. The Morgan fingerprint density at radius 1 is 1.46 bits per heavy atom. The maximum atomic E-state index is 8.70. The Morgan fingerprint density at radius 3 is 2.62 bits per heavy atom. The minimum atomic E-state index is -0.0582. The van der Waals surface area contributed by atoms with E-state index in [0.717, 1.165) is 19.6 Å². The van der Waals surface area contributed by atoms with Crippen molar-refractivity contribution in [2.75, 3.05) is 19.8 Å². The molecule has 0 bridgehead atoms. The van der Waals surface area contributed by atoms with Gasteiger partial charge in [0.15, 0.2) is 0 Å². The molecule has 0 aromatic rings. The summed E-state index contributed by atoms with van der Waals surface area (Å²) in [5.41, 5.74) is 0. The molecule has 0 aliphatic heterocycles. The Hall–Kier alpha value is -0.590. The third kappa shape index (κ3) is 7.76. The number of hydrogen-bond acceptors (Lipinski definition) is 3. The van der Waals surface area contributed by atoms with Gasteiger partial charge in [-0.2, -0.15) is 5.26 Å². The predicted molar refractivity (Wildman–Crippen MR) is 53.4 cm³/mol. The van der Waals surface area contributed by atoms with Gasteiger partial charge in [0.25, 0.3) is 0 Å². The SMILES string of the molecule is CCNC(C#N)CCOCC(C)C. The van der Waals surface area contributed by atoms with E-state index >= 15 is 0 Å². The molecule has 76 valence electrons. The van der Waals surface area contributed by atoms with E-state index in [1.165, 1.54) is 0 Å². The molecule has 0 spiro atoms. The largest absolute Gasteiger partial charge is 0.381 e. The van der Waals surface area contributed by atoms with Gasteiger partial charge in [0, 0.05) is 13.2 Å². The van der Waals surface area contributed by atoms with Gasteiger partial charge in [-0.3, -0.25) is 0 Å². The normalized spacial score (nSPS) is 12.8. The van der Waals surface area contributed by atoms with Gasteiger partial charge in [-0.1, -0.05) is 20.8 Å². The van der Waals surface area contributed by atoms with Crippen LogP contribution in [0.5, 0.6) is 0 Å². The zero-order valence-corrected chi connectivity index (χ0v) is 8.84. The van der Waals surface area contributed by atoms with Crippen LogP contribution >= 0.6 is 0 Å². The van der Waals surface area contributed by atoms with Gasteiger partial charge in [-0.25, -0.2) is 0 Å². The van der Waals surface area contributed by atoms with Gasteiger partial charge in [0.1, 0.15) is 0 Å². The molecule has 0 aromatic heterocycles. The van der Waals surface area contributed by atoms with Crippen molar-refractivity contribution >= 4 is 0 Å². The van der Waals surface area contributed by atoms with Gasteiger partial charge >= 0.3 is 0 Å². The van der Waals surface area contributed by atoms with Crippen molar-refractivity contribution in [3.8, 4) is 6.07 Å². The van der Waals surface area contributed by atoms with Crippen LogP contribution in [0.25, 0.3) is 0 Å². The van der Waals surface area contributed by atoms with Crippen LogP contribution in [-0.2, 0) is 4.74 Å². The molecule has 0 radical (unpaired) electrons. The van der Waals surface area contributed by atoms with Gasteiger partial charge in [0.2, 0.25) is 0 Å². The molecule has 0 aromatic carbocycles. The molecular formula is C10H20N2O. The second-order valence-electron chi connectivity index (χ2n) is 3.50. The summed E-state index contributed by atoms with van der Waals surface area (Å²) in [4.78, 5) is 0. The summed E-state index contributed by atoms with van der Waals surface area (Å²) in [5.74, 6) is 0.569. The lowest BCUT2D eigenvalue weighted by Crippen LogP contribution is -2.28. The molecule has 0 saturated heterocycles. The van der Waals surface area contributed by atoms with Crippen molar-refractivity contribution in [3.63, 3.8) is 0 Å². The summed E-state index contributed by atoms with van der Waals surface area (Å²) in [6, 6.07) is 2.14. The third-order valence-electron chi connectivity index (χ3n) is 1.61. The number of hydrogen-bond donors (Lipinski definition) is 1. The molecule has 1 unspecified atom stereocenters. The lowest BCUT2D eigenvalue weighted by molar-refractivity contribution is 0.105. The Balaban J connectivity index is 3.34. The zero-order chi connectivity index (χ0) is 10.1. The molecule has 0 aliphatic rings. The predicted octanol–water partition coefficient (Wildman–Crippen LogP) is 1.55. The first-order valence-electron chi connectivity index (χ1n) is 4.91. The van der Waals surface area contributed by atoms with Crippen molar-refractivity contribution < 1.29 is 4.74 Å². The number of nitrogens with one attached hydrogen (secondary N) is 1. The van der Waals surface area contributed by atoms with Crippen LogP contribution in [0.4, 0.5) is 0 Å². The quantitative estimate of drug-likeness (QED) is 0.611. The van der Waals surface area contributed by atoms with Crippen molar-refractivity contribution in [2.24, 2.45) is 5.92 Å². The highest BCUT2D eigenvalue weighted by atomic mass is 16.5. The lowest BCUT2D eigenvalue weighted by atomic mass is 10.2. The van der Waals surface area contributed by atoms with E-state index in [-0.39, 0.29) is 6.04 Å². The average Bonchev–Trinajstić information content (AvgIpc) is 2.10. The molecule has 0 amide bonds. The summed E-state index contributed by atoms with van der Waals surface area (Å²) in [7, 11) is 0. The van der Waals surface area contributed by atoms with E-state index in [9.17, 15) is 0 Å². The second kappa shape index (κ2) is 8.03. The summed E-state index contributed by atoms with van der Waals surface area (Å²) in [5, 5.41) is 11.8. The Kier molecular flexibility index (Phi) is 7.66. The molecule has 3 heteroatoms. The fourth-order valence-electron chi connectivity index (χ4n) is 0.979. The standard InChI is InChI=1S/C10H20N2O/c1-4-12-10(7-11)5-6-13-8-9(2)3/h9-10,12H,4-6,8H2,1-3H3. The van der Waals surface area contributed by atoms with Gasteiger partial charge < -0.3 is 10.1 Å². The molecule has 0 aliphatic carbocycles. The van der Waals surface area contributed by atoms with Gasteiger partial charge in [-0.05, 0) is 18.9 Å². The Bertz CT molecular complexity index is 151. The van der Waals surface area contributed by atoms with E-state index in [1.54, 1.807) is 0 Å². The minimum absolute atomic E-state index is 0.0582. The molecule has 0 rings (SSSR count). The Morgan fingerprint density at radius 2 is 2.15 bits per heavy atom. The zero-order valence-electron chi connectivity index (χ0n) is 8.84. The molecule has 1 N–H and O–H groups in total. The van der Waals surface area contributed by atoms with Gasteiger partial charge in [-0.15, -0.1) is 0 Å². The first-order chi connectivity index (χ1) is 6.20. The molecule has 0 saturated carbocycles. The highest BCUT2D eigenvalue weighted by Gasteiger charge is 2.04. The number of ether oxygens (including phenoxy) is 1. The van der Waals surface area contributed by atoms with Crippen LogP contribution in [-0.4, -0.2) is 25.8 Å². The van der Waals surface area contributed by atoms with Crippen molar-refractivity contribution in [3.05, 3.63) is 0 Å². The number of nitriles is 1. The maximum Gasteiger partial charge on any atom is 0.0974 e. The smallest absolute Gasteiger partial charge is 0.0974 e. The topological polar surface area (TPSA) is 45.0 Å². The highest BCUT2D eigenvalue weighted by molar-refractivity contribution is 4.88. The van der Waals surface area contributed by atoms with E-state index in [2.05, 4.69) is 25.2 Å². The molecule has 3 nitrogen and oxygen atoms in total. The second-order valence-corrected chi connectivity index (χ2v) is 3.50. The van der Waals surface area contributed by atoms with Crippen LogP contribution in [0.3, 0.4) is 0 Å². The minimum Gasteiger partial charge on any atom is -0.381 e. The van der Waals surface area contributed by atoms with Crippen molar-refractivity contribution in [1.82, 2.24) is 5.32 Å². The van der Waals surface area contributed by atoms with Crippen molar-refractivity contribution in [2.45, 2.75) is 33.2 Å². The summed E-state index contributed by atoms with van der Waals surface area (Å²) >= 11 is 0. The summed E-state index contributed by atoms with van der Waals surface area (Å²) in [6.07, 6.45) is 0.775. The van der Waals surface area contributed by atoms with E-state index < -0.39 is 0 Å². The van der Waals surface area contributed by atoms with Crippen molar-refractivity contribution in [1.29, 1.82) is 5.26 Å². The molecular weight excluding hydrogens is 164 g/mol. The average molecular weight is 184 g/mol. The highest BCUT2D eigenvalue weighted by Crippen LogP contribution is 1.95. The third-order valence-corrected chi connectivity index (χ3v) is 1.61. The van der Waals surface area contributed by atoms with Crippen LogP contribution in [0, 0.1) is 17.2 Å². The van der Waals surface area contributed by atoms with Crippen LogP contribution in [0.1, 0.15) is 27.2 Å². The van der Waals surface area contributed by atoms with Crippen LogP contribution in [0.15, 0.2) is 0 Å². The summed E-state index contributed by atoms with van der Waals surface area (Å²) in [6.45, 7) is 8.52. The number of rotatable bonds is 7. The first-order valence-corrected chi connectivity index (χ1v) is 4.91. The Labute approximate surface area is 81.1 Å².